The molecule has 0 aliphatic carbocycles. The van der Waals surface area contributed by atoms with Crippen LogP contribution in [0.5, 0.6) is 5.75 Å². The first-order valence-electron chi connectivity index (χ1n) is 13.0. The maximum Gasteiger partial charge on any atom is 0.333 e. The molecule has 218 valence electrons. The number of fused-ring (bicyclic) bond motifs is 1. The minimum Gasteiger partial charge on any atom is -0.495 e. The molecule has 0 aliphatic rings. The molecule has 1 unspecified atom stereocenters. The van der Waals surface area contributed by atoms with Gasteiger partial charge in [-0.2, -0.15) is 19.0 Å². The van der Waals surface area contributed by atoms with E-state index in [2.05, 4.69) is 10.2 Å². The fourth-order valence-electron chi connectivity index (χ4n) is 5.03. The fraction of sp³-hybridized carbons (Fsp3) is 0.267. The van der Waals surface area contributed by atoms with Gasteiger partial charge in [-0.15, -0.1) is 0 Å². The zero-order chi connectivity index (χ0) is 30.0. The Balaban J connectivity index is 1.54. The summed E-state index contributed by atoms with van der Waals surface area (Å²) in [5.74, 6) is 0.126. The van der Waals surface area contributed by atoms with Crippen LogP contribution in [0.4, 0.5) is 8.78 Å². The number of Topliss-reactive ketones (excluding diaryl/α,β-unsaturated/α-hetero) is 1. The molecule has 2 aromatic carbocycles. The van der Waals surface area contributed by atoms with Crippen LogP contribution in [-0.4, -0.2) is 50.7 Å². The summed E-state index contributed by atoms with van der Waals surface area (Å²) in [7, 11) is 4.81. The van der Waals surface area contributed by atoms with E-state index in [-0.39, 0.29) is 25.2 Å². The highest BCUT2D eigenvalue weighted by Crippen LogP contribution is 2.38. The van der Waals surface area contributed by atoms with Crippen molar-refractivity contribution in [3.8, 4) is 28.0 Å². The number of methoxy groups -OCH3 is 2. The first kappa shape index (κ1) is 29.2. The van der Waals surface area contributed by atoms with Crippen molar-refractivity contribution in [2.45, 2.75) is 25.4 Å². The summed E-state index contributed by atoms with van der Waals surface area (Å²) in [5, 5.41) is 9.39. The Labute approximate surface area is 244 Å². The van der Waals surface area contributed by atoms with Gasteiger partial charge in [0, 0.05) is 67.2 Å². The summed E-state index contributed by atoms with van der Waals surface area (Å²) in [6, 6.07) is 11.1. The number of hydrogen-bond donors (Lipinski definition) is 0. The molecule has 0 N–H and O–H groups in total. The summed E-state index contributed by atoms with van der Waals surface area (Å²) in [6.45, 7) is -2.55. The Bertz CT molecular complexity index is 1810. The van der Waals surface area contributed by atoms with Crippen LogP contribution < -0.4 is 10.3 Å². The third-order valence-electron chi connectivity index (χ3n) is 7.01. The molecule has 0 saturated heterocycles. The number of aromatic nitrogens is 5. The number of benzene rings is 2. The molecule has 5 aromatic rings. The molecule has 3 aromatic heterocycles. The first-order chi connectivity index (χ1) is 20.2. The maximum absolute atomic E-state index is 13.6. The van der Waals surface area contributed by atoms with Gasteiger partial charge in [-0.05, 0) is 47.4 Å². The number of ketones is 1. The van der Waals surface area contributed by atoms with E-state index in [1.807, 2.05) is 31.4 Å². The Morgan fingerprint density at radius 2 is 1.83 bits per heavy atom. The summed E-state index contributed by atoms with van der Waals surface area (Å²) in [6.07, 6.45) is 6.27. The van der Waals surface area contributed by atoms with Crippen LogP contribution in [0.2, 0.25) is 5.02 Å². The Kier molecular flexibility index (Phi) is 8.51. The van der Waals surface area contributed by atoms with E-state index in [4.69, 9.17) is 21.1 Å². The van der Waals surface area contributed by atoms with Crippen LogP contribution >= 0.6 is 11.6 Å². The fourth-order valence-corrected chi connectivity index (χ4v) is 5.20. The third kappa shape index (κ3) is 5.97. The number of ether oxygens (including phenoxy) is 2. The van der Waals surface area contributed by atoms with Crippen molar-refractivity contribution in [1.82, 2.24) is 24.1 Å². The minimum atomic E-state index is -2.80. The standard InChI is InChI=1S/C30H28ClF2N5O4/c1-36-15-19-10-18(4-7-25(19)35-36)11-27(39)26(8-9-41-2)37-17-28(42-3)24(13-29(37)40)23-12-21(31)5-6-22(23)20-14-34-38(16-20)30(32)33/h4-7,10,12-17,26,30H,8-9,11H2,1-3H3. The van der Waals surface area contributed by atoms with Crippen molar-refractivity contribution in [3.05, 3.63) is 88.2 Å². The van der Waals surface area contributed by atoms with Crippen molar-refractivity contribution in [2.24, 2.45) is 7.05 Å². The molecule has 0 fully saturated rings. The molecule has 0 saturated carbocycles. The van der Waals surface area contributed by atoms with E-state index in [0.717, 1.165) is 16.5 Å². The van der Waals surface area contributed by atoms with Crippen molar-refractivity contribution < 1.29 is 23.0 Å². The van der Waals surface area contributed by atoms with Crippen molar-refractivity contribution in [3.63, 3.8) is 0 Å². The van der Waals surface area contributed by atoms with Crippen LogP contribution in [0.15, 0.2) is 72.0 Å². The molecule has 9 nitrogen and oxygen atoms in total. The number of carbonyl (C=O) groups excluding carboxylic acids is 1. The van der Waals surface area contributed by atoms with Gasteiger partial charge in [0.2, 0.25) is 0 Å². The molecule has 3 heterocycles. The number of halogens is 3. The molecular formula is C30H28ClF2N5O4. The highest BCUT2D eigenvalue weighted by molar-refractivity contribution is 6.31. The SMILES string of the molecule is COCCC(C(=O)Cc1ccc2nn(C)cc2c1)n1cc(OC)c(-c2cc(Cl)ccc2-c2cnn(C(F)F)c2)cc1=O. The molecule has 12 heteroatoms. The zero-order valence-electron chi connectivity index (χ0n) is 23.1. The second-order valence-corrected chi connectivity index (χ2v) is 10.3. The summed E-state index contributed by atoms with van der Waals surface area (Å²) >= 11 is 6.31. The van der Waals surface area contributed by atoms with Crippen molar-refractivity contribution in [2.75, 3.05) is 20.8 Å². The normalized spacial score (nSPS) is 12.3. The second kappa shape index (κ2) is 12.3. The number of nitrogens with zero attached hydrogens (tertiary/aromatic N) is 5. The number of rotatable bonds is 11. The van der Waals surface area contributed by atoms with Crippen LogP contribution in [0.25, 0.3) is 33.2 Å². The lowest BCUT2D eigenvalue weighted by molar-refractivity contribution is -0.122. The predicted molar refractivity (Wildman–Crippen MR) is 155 cm³/mol. The molecule has 1 atom stereocenters. The average Bonchev–Trinajstić information content (AvgIpc) is 3.60. The largest absolute Gasteiger partial charge is 0.495 e. The molecule has 42 heavy (non-hydrogen) atoms. The monoisotopic (exact) mass is 595 g/mol. The van der Waals surface area contributed by atoms with E-state index in [1.54, 1.807) is 22.9 Å². The molecule has 0 bridgehead atoms. The van der Waals surface area contributed by atoms with Gasteiger partial charge >= 0.3 is 6.55 Å². The van der Waals surface area contributed by atoms with Crippen LogP contribution in [0.3, 0.4) is 0 Å². The van der Waals surface area contributed by atoms with Crippen LogP contribution in [0.1, 0.15) is 24.6 Å². The number of hydrogen-bond acceptors (Lipinski definition) is 6. The Hall–Kier alpha value is -4.35. The lowest BCUT2D eigenvalue weighted by Crippen LogP contribution is -2.31. The highest BCUT2D eigenvalue weighted by atomic mass is 35.5. The number of pyridine rings is 1. The van der Waals surface area contributed by atoms with Gasteiger partial charge in [-0.1, -0.05) is 23.7 Å². The van der Waals surface area contributed by atoms with Gasteiger partial charge in [0.05, 0.1) is 31.1 Å². The third-order valence-corrected chi connectivity index (χ3v) is 7.25. The quantitative estimate of drug-likeness (QED) is 0.194. The summed E-state index contributed by atoms with van der Waals surface area (Å²) in [4.78, 5) is 27.2. The minimum absolute atomic E-state index is 0.0995. The van der Waals surface area contributed by atoms with Gasteiger partial charge in [-0.3, -0.25) is 14.3 Å². The van der Waals surface area contributed by atoms with Crippen LogP contribution in [-0.2, 0) is 23.0 Å². The first-order valence-corrected chi connectivity index (χ1v) is 13.4. The molecule has 0 amide bonds. The van der Waals surface area contributed by atoms with Gasteiger partial charge in [0.15, 0.2) is 5.78 Å². The molecular weight excluding hydrogens is 568 g/mol. The smallest absolute Gasteiger partial charge is 0.333 e. The topological polar surface area (TPSA) is 93.2 Å². The molecule has 0 radical (unpaired) electrons. The predicted octanol–water partition coefficient (Wildman–Crippen LogP) is 5.71. The van der Waals surface area contributed by atoms with Crippen molar-refractivity contribution >= 4 is 28.3 Å². The van der Waals surface area contributed by atoms with Crippen molar-refractivity contribution in [1.29, 1.82) is 0 Å². The van der Waals surface area contributed by atoms with Gasteiger partial charge in [0.25, 0.3) is 5.56 Å². The molecule has 0 aliphatic heterocycles. The van der Waals surface area contributed by atoms with Gasteiger partial charge in [-0.25, -0.2) is 4.68 Å². The lowest BCUT2D eigenvalue weighted by Gasteiger charge is -2.21. The zero-order valence-corrected chi connectivity index (χ0v) is 23.9. The molecule has 5 rings (SSSR count). The van der Waals surface area contributed by atoms with E-state index in [1.165, 1.54) is 43.4 Å². The van der Waals surface area contributed by atoms with E-state index in [0.29, 0.717) is 37.7 Å². The van der Waals surface area contributed by atoms with Gasteiger partial charge in [0.1, 0.15) is 5.75 Å². The number of aryl methyl sites for hydroxylation is 1. The number of carbonyl (C=O) groups is 1. The maximum atomic E-state index is 13.6. The lowest BCUT2D eigenvalue weighted by atomic mass is 9.95. The summed E-state index contributed by atoms with van der Waals surface area (Å²) < 4.78 is 41.0. The van der Waals surface area contributed by atoms with E-state index < -0.39 is 18.2 Å². The van der Waals surface area contributed by atoms with Gasteiger partial charge < -0.3 is 14.0 Å². The average molecular weight is 596 g/mol. The Morgan fingerprint density at radius 3 is 2.55 bits per heavy atom. The second-order valence-electron chi connectivity index (χ2n) is 9.81. The van der Waals surface area contributed by atoms with E-state index in [9.17, 15) is 18.4 Å². The number of alkyl halides is 2. The van der Waals surface area contributed by atoms with E-state index >= 15 is 0 Å². The Morgan fingerprint density at radius 1 is 1.02 bits per heavy atom. The van der Waals surface area contributed by atoms with Crippen LogP contribution in [0, 0.1) is 0 Å². The summed E-state index contributed by atoms with van der Waals surface area (Å²) in [5.41, 5.74) is 2.99. The highest BCUT2D eigenvalue weighted by Gasteiger charge is 2.25. The molecule has 0 spiro atoms.